The Hall–Kier alpha value is -0.980. The van der Waals surface area contributed by atoms with E-state index in [0.717, 1.165) is 12.4 Å². The molecule has 0 aliphatic heterocycles. The molecular weight excluding hydrogens is 268 g/mol. The molecule has 1 rings (SSSR count). The zero-order valence-electron chi connectivity index (χ0n) is 14.9. The van der Waals surface area contributed by atoms with Gasteiger partial charge in [-0.2, -0.15) is 0 Å². The Labute approximate surface area is 138 Å². The van der Waals surface area contributed by atoms with Gasteiger partial charge in [-0.3, -0.25) is 0 Å². The second-order valence-electron chi connectivity index (χ2n) is 6.55. The van der Waals surface area contributed by atoms with E-state index < -0.39 is 0 Å². The minimum atomic E-state index is 0.862. The lowest BCUT2D eigenvalue weighted by Crippen LogP contribution is -1.97. The monoisotopic (exact) mass is 304 g/mol. The fourth-order valence-corrected chi connectivity index (χ4v) is 2.84. The molecule has 1 aromatic carbocycles. The number of benzene rings is 1. The summed E-state index contributed by atoms with van der Waals surface area (Å²) in [5.74, 6) is 1.02. The summed E-state index contributed by atoms with van der Waals surface area (Å²) in [5, 5.41) is 0. The van der Waals surface area contributed by atoms with Gasteiger partial charge in [-0.15, -0.1) is 0 Å². The summed E-state index contributed by atoms with van der Waals surface area (Å²) in [7, 11) is 0. The molecule has 22 heavy (non-hydrogen) atoms. The molecule has 0 unspecified atom stereocenters. The van der Waals surface area contributed by atoms with E-state index in [9.17, 15) is 0 Å². The fraction of sp³-hybridized carbons (Fsp3) is 0.714. The lowest BCUT2D eigenvalue weighted by atomic mass is 10.1. The molecule has 1 aromatic rings. The van der Waals surface area contributed by atoms with Gasteiger partial charge in [0, 0.05) is 0 Å². The first-order chi connectivity index (χ1) is 10.8. The standard InChI is InChI=1S/C21H36O/c1-3-4-5-6-7-8-9-10-11-12-13-14-18-22-21-17-15-16-20(2)19-21/h15-17,19H,3-14,18H2,1-2H3. The molecule has 0 heterocycles. The van der Waals surface area contributed by atoms with Gasteiger partial charge in [0.2, 0.25) is 0 Å². The van der Waals surface area contributed by atoms with Crippen LogP contribution in [0.15, 0.2) is 24.3 Å². The molecule has 0 atom stereocenters. The van der Waals surface area contributed by atoms with Crippen LogP contribution in [-0.2, 0) is 0 Å². The predicted molar refractivity (Wildman–Crippen MR) is 97.8 cm³/mol. The molecule has 0 aliphatic carbocycles. The van der Waals surface area contributed by atoms with Crippen molar-refractivity contribution in [2.45, 2.75) is 90.9 Å². The Morgan fingerprint density at radius 3 is 1.82 bits per heavy atom. The van der Waals surface area contributed by atoms with Crippen LogP contribution in [0.4, 0.5) is 0 Å². The topological polar surface area (TPSA) is 9.23 Å². The Morgan fingerprint density at radius 1 is 0.727 bits per heavy atom. The van der Waals surface area contributed by atoms with E-state index in [4.69, 9.17) is 4.74 Å². The van der Waals surface area contributed by atoms with Crippen molar-refractivity contribution in [3.63, 3.8) is 0 Å². The molecule has 0 saturated carbocycles. The Kier molecular flexibility index (Phi) is 11.8. The van der Waals surface area contributed by atoms with Crippen LogP contribution >= 0.6 is 0 Å². The molecule has 0 fully saturated rings. The van der Waals surface area contributed by atoms with Gasteiger partial charge >= 0.3 is 0 Å². The molecule has 0 spiro atoms. The first kappa shape index (κ1) is 19.1. The van der Waals surface area contributed by atoms with Gasteiger partial charge in [0.05, 0.1) is 6.61 Å². The van der Waals surface area contributed by atoms with Crippen molar-refractivity contribution in [2.75, 3.05) is 6.61 Å². The van der Waals surface area contributed by atoms with E-state index >= 15 is 0 Å². The third kappa shape index (κ3) is 10.7. The maximum absolute atomic E-state index is 5.78. The highest BCUT2D eigenvalue weighted by Crippen LogP contribution is 2.14. The first-order valence-corrected chi connectivity index (χ1v) is 9.52. The van der Waals surface area contributed by atoms with E-state index in [1.165, 1.54) is 82.6 Å². The molecule has 0 radical (unpaired) electrons. The maximum atomic E-state index is 5.78. The zero-order chi connectivity index (χ0) is 15.9. The molecule has 1 heteroatoms. The number of hydrogen-bond donors (Lipinski definition) is 0. The van der Waals surface area contributed by atoms with Gasteiger partial charge < -0.3 is 4.74 Å². The summed E-state index contributed by atoms with van der Waals surface area (Å²) in [6.07, 6.45) is 16.7. The summed E-state index contributed by atoms with van der Waals surface area (Å²) in [6.45, 7) is 5.25. The minimum Gasteiger partial charge on any atom is -0.494 e. The zero-order valence-corrected chi connectivity index (χ0v) is 14.9. The second-order valence-corrected chi connectivity index (χ2v) is 6.55. The molecule has 1 nitrogen and oxygen atoms in total. The third-order valence-corrected chi connectivity index (χ3v) is 4.26. The van der Waals surface area contributed by atoms with E-state index in [1.54, 1.807) is 0 Å². The number of unbranched alkanes of at least 4 members (excludes halogenated alkanes) is 11. The van der Waals surface area contributed by atoms with Gasteiger partial charge in [-0.25, -0.2) is 0 Å². The Balaban J connectivity index is 1.80. The molecular formula is C21H36O. The molecule has 0 amide bonds. The Bertz CT molecular complexity index is 359. The number of aryl methyl sites for hydroxylation is 1. The summed E-state index contributed by atoms with van der Waals surface area (Å²) in [4.78, 5) is 0. The van der Waals surface area contributed by atoms with Crippen molar-refractivity contribution in [1.29, 1.82) is 0 Å². The molecule has 126 valence electrons. The highest BCUT2D eigenvalue weighted by atomic mass is 16.5. The average Bonchev–Trinajstić information content (AvgIpc) is 2.52. The molecule has 0 bridgehead atoms. The fourth-order valence-electron chi connectivity index (χ4n) is 2.84. The van der Waals surface area contributed by atoms with Crippen molar-refractivity contribution in [3.8, 4) is 5.75 Å². The predicted octanol–water partition coefficient (Wildman–Crippen LogP) is 7.07. The van der Waals surface area contributed by atoms with Gasteiger partial charge in [-0.1, -0.05) is 89.7 Å². The quantitative estimate of drug-likeness (QED) is 0.334. The highest BCUT2D eigenvalue weighted by Gasteiger charge is 1.95. The van der Waals surface area contributed by atoms with Crippen LogP contribution < -0.4 is 4.74 Å². The largest absolute Gasteiger partial charge is 0.494 e. The minimum absolute atomic E-state index is 0.862. The number of hydrogen-bond acceptors (Lipinski definition) is 1. The first-order valence-electron chi connectivity index (χ1n) is 9.52. The summed E-state index contributed by atoms with van der Waals surface area (Å²) >= 11 is 0. The van der Waals surface area contributed by atoms with Crippen molar-refractivity contribution >= 4 is 0 Å². The smallest absolute Gasteiger partial charge is 0.119 e. The SMILES string of the molecule is CCCCCCCCCCCCCCOc1cccc(C)c1. The number of rotatable bonds is 14. The lowest BCUT2D eigenvalue weighted by molar-refractivity contribution is 0.304. The van der Waals surface area contributed by atoms with E-state index in [2.05, 4.69) is 32.0 Å². The van der Waals surface area contributed by atoms with E-state index in [1.807, 2.05) is 6.07 Å². The summed E-state index contributed by atoms with van der Waals surface area (Å²) in [6, 6.07) is 8.33. The molecule has 0 aliphatic rings. The van der Waals surface area contributed by atoms with Crippen LogP contribution in [0, 0.1) is 6.92 Å². The maximum Gasteiger partial charge on any atom is 0.119 e. The van der Waals surface area contributed by atoms with Gasteiger partial charge in [0.25, 0.3) is 0 Å². The lowest BCUT2D eigenvalue weighted by Gasteiger charge is -2.06. The summed E-state index contributed by atoms with van der Waals surface area (Å²) < 4.78 is 5.78. The van der Waals surface area contributed by atoms with Crippen molar-refractivity contribution < 1.29 is 4.74 Å². The van der Waals surface area contributed by atoms with Gasteiger partial charge in [0.1, 0.15) is 5.75 Å². The van der Waals surface area contributed by atoms with Crippen LogP contribution in [0.5, 0.6) is 5.75 Å². The normalized spacial score (nSPS) is 10.8. The number of ether oxygens (including phenoxy) is 1. The van der Waals surface area contributed by atoms with Crippen molar-refractivity contribution in [3.05, 3.63) is 29.8 Å². The van der Waals surface area contributed by atoms with Gasteiger partial charge in [-0.05, 0) is 31.0 Å². The van der Waals surface area contributed by atoms with Crippen molar-refractivity contribution in [2.24, 2.45) is 0 Å². The second kappa shape index (κ2) is 13.7. The van der Waals surface area contributed by atoms with E-state index in [-0.39, 0.29) is 0 Å². The highest BCUT2D eigenvalue weighted by molar-refractivity contribution is 5.27. The Morgan fingerprint density at radius 2 is 1.27 bits per heavy atom. The molecule has 0 N–H and O–H groups in total. The van der Waals surface area contributed by atoms with Crippen LogP contribution in [0.25, 0.3) is 0 Å². The van der Waals surface area contributed by atoms with Gasteiger partial charge in [0.15, 0.2) is 0 Å². The summed E-state index contributed by atoms with van der Waals surface area (Å²) in [5.41, 5.74) is 1.27. The van der Waals surface area contributed by atoms with Crippen LogP contribution in [-0.4, -0.2) is 6.61 Å². The van der Waals surface area contributed by atoms with Crippen LogP contribution in [0.3, 0.4) is 0 Å². The molecule has 0 aromatic heterocycles. The van der Waals surface area contributed by atoms with Crippen LogP contribution in [0.1, 0.15) is 89.5 Å². The van der Waals surface area contributed by atoms with E-state index in [0.29, 0.717) is 0 Å². The third-order valence-electron chi connectivity index (χ3n) is 4.26. The average molecular weight is 305 g/mol. The molecule has 0 saturated heterocycles. The van der Waals surface area contributed by atoms with Crippen molar-refractivity contribution in [1.82, 2.24) is 0 Å². The van der Waals surface area contributed by atoms with Crippen LogP contribution in [0.2, 0.25) is 0 Å².